The molecule has 0 aromatic carbocycles. The van der Waals surface area contributed by atoms with E-state index in [1.807, 2.05) is 19.1 Å². The third-order valence-electron chi connectivity index (χ3n) is 2.56. The molecule has 2 aromatic rings. The Morgan fingerprint density at radius 1 is 1.29 bits per heavy atom. The van der Waals surface area contributed by atoms with E-state index in [0.29, 0.717) is 11.6 Å². The molecule has 0 aliphatic rings. The Bertz CT molecular complexity index is 637. The van der Waals surface area contributed by atoms with Crippen molar-refractivity contribution in [3.05, 3.63) is 40.8 Å². The smallest absolute Gasteiger partial charge is 0.367 e. The van der Waals surface area contributed by atoms with Gasteiger partial charge >= 0.3 is 5.97 Å². The van der Waals surface area contributed by atoms with Crippen molar-refractivity contribution in [2.45, 2.75) is 20.3 Å². The van der Waals surface area contributed by atoms with Crippen molar-refractivity contribution in [3.63, 3.8) is 0 Å². The summed E-state index contributed by atoms with van der Waals surface area (Å²) in [4.78, 5) is 31.4. The molecule has 0 atom stereocenters. The number of thiazole rings is 1. The van der Waals surface area contributed by atoms with Crippen molar-refractivity contribution in [1.82, 2.24) is 9.97 Å². The molecule has 0 aliphatic carbocycles. The molecule has 0 fully saturated rings. The summed E-state index contributed by atoms with van der Waals surface area (Å²) in [6.07, 6.45) is 3.34. The summed E-state index contributed by atoms with van der Waals surface area (Å²) in [5.41, 5.74) is 1.73. The van der Waals surface area contributed by atoms with Gasteiger partial charge in [0.25, 0.3) is 0 Å². The molecule has 0 radical (unpaired) electrons. The Kier molecular flexibility index (Phi) is 4.99. The van der Waals surface area contributed by atoms with E-state index in [1.54, 1.807) is 13.1 Å². The van der Waals surface area contributed by atoms with Gasteiger partial charge in [-0.15, -0.1) is 0 Å². The van der Waals surface area contributed by atoms with E-state index in [9.17, 15) is 9.59 Å². The van der Waals surface area contributed by atoms with Gasteiger partial charge in [0.1, 0.15) is 5.00 Å². The third kappa shape index (κ3) is 4.35. The zero-order valence-corrected chi connectivity index (χ0v) is 12.6. The molecule has 0 unspecified atom stereocenters. The molecule has 0 saturated carbocycles. The Hall–Kier alpha value is -2.28. The fraction of sp³-hybridized carbons (Fsp3) is 0.286. The number of pyridine rings is 1. The largest absolute Gasteiger partial charge is 0.461 e. The zero-order valence-electron chi connectivity index (χ0n) is 11.8. The first kappa shape index (κ1) is 15.1. The first-order valence-corrected chi connectivity index (χ1v) is 7.24. The average Bonchev–Trinajstić information content (AvgIpc) is 2.90. The fourth-order valence-electron chi connectivity index (χ4n) is 1.59. The van der Waals surface area contributed by atoms with Crippen LogP contribution in [0.3, 0.4) is 0 Å². The normalized spacial score (nSPS) is 10.2. The molecule has 21 heavy (non-hydrogen) atoms. The zero-order chi connectivity index (χ0) is 15.2. The third-order valence-corrected chi connectivity index (χ3v) is 3.45. The summed E-state index contributed by atoms with van der Waals surface area (Å²) in [7, 11) is 0. The second-order valence-electron chi connectivity index (χ2n) is 4.28. The van der Waals surface area contributed by atoms with Crippen LogP contribution in [0.25, 0.3) is 0 Å². The number of amides is 1. The van der Waals surface area contributed by atoms with E-state index in [-0.39, 0.29) is 17.3 Å². The molecule has 1 amide bonds. The number of nitrogens with zero attached hydrogens (tertiary/aromatic N) is 2. The summed E-state index contributed by atoms with van der Waals surface area (Å²) in [6, 6.07) is 3.72. The maximum absolute atomic E-state index is 11.9. The highest BCUT2D eigenvalue weighted by Crippen LogP contribution is 2.19. The lowest BCUT2D eigenvalue weighted by molar-refractivity contribution is -0.115. The molecule has 0 aliphatic heterocycles. The molecule has 7 heteroatoms. The number of hydrogen-bond donors (Lipinski definition) is 1. The molecular formula is C14H15N3O3S. The maximum atomic E-state index is 11.9. The Morgan fingerprint density at radius 3 is 2.76 bits per heavy atom. The van der Waals surface area contributed by atoms with Crippen LogP contribution in [0.5, 0.6) is 0 Å². The van der Waals surface area contributed by atoms with Gasteiger partial charge in [-0.25, -0.2) is 9.78 Å². The van der Waals surface area contributed by atoms with Gasteiger partial charge in [0.2, 0.25) is 10.9 Å². The quantitative estimate of drug-likeness (QED) is 0.856. The first-order chi connectivity index (χ1) is 10.1. The first-order valence-electron chi connectivity index (χ1n) is 6.43. The second kappa shape index (κ2) is 6.94. The molecule has 2 heterocycles. The van der Waals surface area contributed by atoms with Crippen molar-refractivity contribution in [3.8, 4) is 0 Å². The highest BCUT2D eigenvalue weighted by molar-refractivity contribution is 7.17. The molecule has 2 aromatic heterocycles. The number of hydrogen-bond acceptors (Lipinski definition) is 6. The minimum atomic E-state index is -0.481. The van der Waals surface area contributed by atoms with Crippen LogP contribution in [0, 0.1) is 6.92 Å². The minimum Gasteiger partial charge on any atom is -0.461 e. The summed E-state index contributed by atoms with van der Waals surface area (Å²) < 4.78 is 4.84. The summed E-state index contributed by atoms with van der Waals surface area (Å²) in [5, 5.41) is 3.45. The van der Waals surface area contributed by atoms with Gasteiger partial charge in [0.05, 0.1) is 19.2 Å². The molecule has 6 nitrogen and oxygen atoms in total. The van der Waals surface area contributed by atoms with Crippen LogP contribution in [-0.2, 0) is 16.0 Å². The van der Waals surface area contributed by atoms with Crippen LogP contribution in [-0.4, -0.2) is 28.5 Å². The average molecular weight is 305 g/mol. The lowest BCUT2D eigenvalue weighted by Gasteiger charge is -2.02. The molecule has 1 N–H and O–H groups in total. The molecular weight excluding hydrogens is 290 g/mol. The number of aromatic nitrogens is 2. The Labute approximate surface area is 126 Å². The van der Waals surface area contributed by atoms with E-state index >= 15 is 0 Å². The van der Waals surface area contributed by atoms with Crippen LogP contribution in [0.2, 0.25) is 0 Å². The van der Waals surface area contributed by atoms with E-state index in [4.69, 9.17) is 4.74 Å². The molecule has 110 valence electrons. The predicted molar refractivity (Wildman–Crippen MR) is 79.4 cm³/mol. The SMILES string of the molecule is CCOC(=O)c1ncc(NC(=O)Cc2ccc(C)nc2)s1. The van der Waals surface area contributed by atoms with Crippen molar-refractivity contribution in [2.75, 3.05) is 11.9 Å². The van der Waals surface area contributed by atoms with Gasteiger partial charge in [-0.2, -0.15) is 0 Å². The van der Waals surface area contributed by atoms with Gasteiger partial charge in [-0.3, -0.25) is 9.78 Å². The molecule has 0 saturated heterocycles. The highest BCUT2D eigenvalue weighted by Gasteiger charge is 2.13. The van der Waals surface area contributed by atoms with Gasteiger partial charge in [-0.1, -0.05) is 17.4 Å². The number of carbonyl (C=O) groups excluding carboxylic acids is 2. The number of ether oxygens (including phenoxy) is 1. The second-order valence-corrected chi connectivity index (χ2v) is 5.31. The molecule has 2 rings (SSSR count). The van der Waals surface area contributed by atoms with Crippen molar-refractivity contribution >= 4 is 28.2 Å². The van der Waals surface area contributed by atoms with Gasteiger partial charge in [-0.05, 0) is 25.5 Å². The van der Waals surface area contributed by atoms with E-state index < -0.39 is 5.97 Å². The monoisotopic (exact) mass is 305 g/mol. The van der Waals surface area contributed by atoms with E-state index in [2.05, 4.69) is 15.3 Å². The summed E-state index contributed by atoms with van der Waals surface area (Å²) in [6.45, 7) is 3.91. The molecule has 0 bridgehead atoms. The number of esters is 1. The number of aryl methyl sites for hydroxylation is 1. The Morgan fingerprint density at radius 2 is 2.10 bits per heavy atom. The lowest BCUT2D eigenvalue weighted by Crippen LogP contribution is -2.13. The lowest BCUT2D eigenvalue weighted by atomic mass is 10.2. The highest BCUT2D eigenvalue weighted by atomic mass is 32.1. The topological polar surface area (TPSA) is 81.2 Å². The minimum absolute atomic E-state index is 0.181. The summed E-state index contributed by atoms with van der Waals surface area (Å²) in [5.74, 6) is -0.662. The molecule has 0 spiro atoms. The van der Waals surface area contributed by atoms with Crippen LogP contribution >= 0.6 is 11.3 Å². The maximum Gasteiger partial charge on any atom is 0.367 e. The number of anilines is 1. The van der Waals surface area contributed by atoms with Crippen LogP contribution in [0.15, 0.2) is 24.5 Å². The predicted octanol–water partition coefficient (Wildman–Crippen LogP) is 2.20. The van der Waals surface area contributed by atoms with Crippen LogP contribution in [0.1, 0.15) is 28.0 Å². The van der Waals surface area contributed by atoms with E-state index in [0.717, 1.165) is 22.6 Å². The Balaban J connectivity index is 1.93. The van der Waals surface area contributed by atoms with Crippen molar-refractivity contribution in [2.24, 2.45) is 0 Å². The number of rotatable bonds is 5. The number of carbonyl (C=O) groups is 2. The van der Waals surface area contributed by atoms with Crippen LogP contribution < -0.4 is 5.32 Å². The van der Waals surface area contributed by atoms with Crippen molar-refractivity contribution < 1.29 is 14.3 Å². The fourth-order valence-corrected chi connectivity index (χ4v) is 2.32. The van der Waals surface area contributed by atoms with Gasteiger partial charge in [0.15, 0.2) is 0 Å². The van der Waals surface area contributed by atoms with Gasteiger partial charge < -0.3 is 10.1 Å². The van der Waals surface area contributed by atoms with E-state index in [1.165, 1.54) is 6.20 Å². The number of nitrogens with one attached hydrogen (secondary N) is 1. The van der Waals surface area contributed by atoms with Crippen LogP contribution in [0.4, 0.5) is 5.00 Å². The standard InChI is InChI=1S/C14H15N3O3S/c1-3-20-14(19)13-16-8-12(21-13)17-11(18)6-10-5-4-9(2)15-7-10/h4-5,7-8H,3,6H2,1-2H3,(H,17,18). The summed E-state index contributed by atoms with van der Waals surface area (Å²) >= 11 is 1.09. The van der Waals surface area contributed by atoms with Crippen molar-refractivity contribution in [1.29, 1.82) is 0 Å². The van der Waals surface area contributed by atoms with Gasteiger partial charge in [0, 0.05) is 11.9 Å².